The van der Waals surface area contributed by atoms with Gasteiger partial charge in [0.2, 0.25) is 10.0 Å². The molecule has 0 unspecified atom stereocenters. The highest BCUT2D eigenvalue weighted by Gasteiger charge is 2.35. The number of nitrogens with one attached hydrogen (secondary N) is 2. The maximum Gasteiger partial charge on any atom is 0.255 e. The van der Waals surface area contributed by atoms with E-state index in [0.29, 0.717) is 27.8 Å². The van der Waals surface area contributed by atoms with Crippen molar-refractivity contribution in [1.29, 1.82) is 0 Å². The molecular weight excluding hydrogens is 480 g/mol. The number of fused-ring (bicyclic) bond motifs is 1. The summed E-state index contributed by atoms with van der Waals surface area (Å²) in [6.07, 6.45) is 3.55. The molecule has 1 aliphatic heterocycles. The van der Waals surface area contributed by atoms with Crippen molar-refractivity contribution < 1.29 is 26.8 Å². The van der Waals surface area contributed by atoms with Crippen molar-refractivity contribution in [3.63, 3.8) is 0 Å². The molecule has 2 amide bonds. The van der Waals surface area contributed by atoms with E-state index in [4.69, 9.17) is 0 Å². The fraction of sp³-hybridized carbons (Fsp3) is 0.348. The average molecular weight is 506 g/mol. The minimum atomic E-state index is -3.33. The van der Waals surface area contributed by atoms with Crippen LogP contribution in [-0.2, 0) is 10.0 Å². The Hall–Kier alpha value is -3.38. The molecule has 2 N–H and O–H groups in total. The van der Waals surface area contributed by atoms with Gasteiger partial charge in [0.05, 0.1) is 11.8 Å². The summed E-state index contributed by atoms with van der Waals surface area (Å²) in [5, 5.41) is 3.35. The van der Waals surface area contributed by atoms with Gasteiger partial charge in [-0.2, -0.15) is 0 Å². The van der Waals surface area contributed by atoms with Crippen LogP contribution in [0.5, 0.6) is 0 Å². The van der Waals surface area contributed by atoms with Crippen molar-refractivity contribution >= 4 is 32.9 Å². The summed E-state index contributed by atoms with van der Waals surface area (Å²) in [4.78, 5) is 31.1. The summed E-state index contributed by atoms with van der Waals surface area (Å²) >= 11 is 0. The van der Waals surface area contributed by atoms with Gasteiger partial charge in [-0.25, -0.2) is 26.9 Å². The molecule has 0 saturated carbocycles. The van der Waals surface area contributed by atoms with E-state index in [9.17, 15) is 26.8 Å². The number of alkyl halides is 2. The number of piperidine rings is 1. The van der Waals surface area contributed by atoms with Crippen LogP contribution in [0.4, 0.5) is 8.78 Å². The molecular formula is C23H25F2N5O4S. The number of aromatic nitrogens is 2. The molecule has 2 aromatic heterocycles. The standard InChI is InChI=1S/C23H25F2N5O4S/c1-35(33,34)28-9-8-26-21(31)17-3-2-4-19(14-17)30-10-5-16-13-18(15-27-20(16)30)22(32)29-11-6-23(24,25)7-12-29/h2-5,10,13-15,28H,6-9,11-12H2,1H3,(H,26,31). The summed E-state index contributed by atoms with van der Waals surface area (Å²) in [5.41, 5.74) is 1.96. The predicted octanol–water partition coefficient (Wildman–Crippen LogP) is 2.18. The molecule has 0 bridgehead atoms. The second-order valence-electron chi connectivity index (χ2n) is 8.44. The zero-order valence-corrected chi connectivity index (χ0v) is 19.8. The molecule has 1 aromatic carbocycles. The maximum atomic E-state index is 13.4. The third-order valence-corrected chi connectivity index (χ3v) is 6.45. The largest absolute Gasteiger partial charge is 0.351 e. The molecule has 35 heavy (non-hydrogen) atoms. The first-order valence-corrected chi connectivity index (χ1v) is 12.9. The van der Waals surface area contributed by atoms with Crippen LogP contribution in [0.3, 0.4) is 0 Å². The number of carbonyl (C=O) groups is 2. The summed E-state index contributed by atoms with van der Waals surface area (Å²) < 4.78 is 53.1. The molecule has 1 fully saturated rings. The molecule has 4 rings (SSSR count). The van der Waals surface area contributed by atoms with Gasteiger partial charge >= 0.3 is 0 Å². The van der Waals surface area contributed by atoms with Gasteiger partial charge in [0, 0.05) is 68.1 Å². The second-order valence-corrected chi connectivity index (χ2v) is 10.3. The Bertz CT molecular complexity index is 1360. The highest BCUT2D eigenvalue weighted by molar-refractivity contribution is 7.88. The van der Waals surface area contributed by atoms with Crippen LogP contribution in [0.15, 0.2) is 48.8 Å². The zero-order chi connectivity index (χ0) is 25.2. The number of pyridine rings is 1. The Labute approximate surface area is 201 Å². The highest BCUT2D eigenvalue weighted by Crippen LogP contribution is 2.29. The molecule has 3 heterocycles. The van der Waals surface area contributed by atoms with E-state index in [1.165, 1.54) is 11.1 Å². The number of likely N-dealkylation sites (tertiary alicyclic amines) is 1. The number of hydrogen-bond acceptors (Lipinski definition) is 5. The number of hydrogen-bond donors (Lipinski definition) is 2. The quantitative estimate of drug-likeness (QED) is 0.478. The van der Waals surface area contributed by atoms with Crippen LogP contribution in [0.2, 0.25) is 0 Å². The fourth-order valence-electron chi connectivity index (χ4n) is 3.88. The van der Waals surface area contributed by atoms with Gasteiger partial charge in [-0.3, -0.25) is 9.59 Å². The smallest absolute Gasteiger partial charge is 0.255 e. The van der Waals surface area contributed by atoms with Crippen molar-refractivity contribution in [3.05, 3.63) is 59.9 Å². The Kier molecular flexibility index (Phi) is 6.86. The summed E-state index contributed by atoms with van der Waals surface area (Å²) in [5.74, 6) is -3.41. The second kappa shape index (κ2) is 9.70. The maximum absolute atomic E-state index is 13.4. The fourth-order valence-corrected chi connectivity index (χ4v) is 4.35. The third-order valence-electron chi connectivity index (χ3n) is 5.72. The lowest BCUT2D eigenvalue weighted by Gasteiger charge is -2.31. The number of sulfonamides is 1. The van der Waals surface area contributed by atoms with Gasteiger partial charge in [-0.05, 0) is 30.3 Å². The van der Waals surface area contributed by atoms with Crippen molar-refractivity contribution in [2.45, 2.75) is 18.8 Å². The van der Waals surface area contributed by atoms with Gasteiger partial charge in [0.1, 0.15) is 5.65 Å². The molecule has 0 radical (unpaired) electrons. The van der Waals surface area contributed by atoms with Crippen molar-refractivity contribution in [1.82, 2.24) is 24.5 Å². The molecule has 1 aliphatic rings. The van der Waals surface area contributed by atoms with Gasteiger partial charge < -0.3 is 14.8 Å². The van der Waals surface area contributed by atoms with Gasteiger partial charge in [-0.1, -0.05) is 6.07 Å². The van der Waals surface area contributed by atoms with Crippen LogP contribution in [-0.4, -0.2) is 73.0 Å². The Morgan fingerprint density at radius 3 is 2.54 bits per heavy atom. The summed E-state index contributed by atoms with van der Waals surface area (Å²) in [6.45, 7) is 0.223. The first kappa shape index (κ1) is 24.7. The number of rotatable bonds is 7. The van der Waals surface area contributed by atoms with Gasteiger partial charge in [-0.15, -0.1) is 0 Å². The van der Waals surface area contributed by atoms with Gasteiger partial charge in [0.25, 0.3) is 17.7 Å². The Morgan fingerprint density at radius 1 is 1.09 bits per heavy atom. The molecule has 3 aromatic rings. The van der Waals surface area contributed by atoms with E-state index in [-0.39, 0.29) is 50.8 Å². The Balaban J connectivity index is 1.48. The van der Waals surface area contributed by atoms with Crippen LogP contribution in [0, 0.1) is 0 Å². The first-order valence-electron chi connectivity index (χ1n) is 11.0. The lowest BCUT2D eigenvalue weighted by atomic mass is 10.1. The van der Waals surface area contributed by atoms with E-state index in [1.54, 1.807) is 47.2 Å². The minimum Gasteiger partial charge on any atom is -0.351 e. The molecule has 0 spiro atoms. The van der Waals surface area contributed by atoms with E-state index in [2.05, 4.69) is 15.0 Å². The highest BCUT2D eigenvalue weighted by atomic mass is 32.2. The van der Waals surface area contributed by atoms with E-state index in [1.807, 2.05) is 0 Å². The number of carbonyl (C=O) groups excluding carboxylic acids is 2. The topological polar surface area (TPSA) is 113 Å². The van der Waals surface area contributed by atoms with Gasteiger partial charge in [0.15, 0.2) is 0 Å². The number of benzene rings is 1. The summed E-state index contributed by atoms with van der Waals surface area (Å²) in [7, 11) is -3.33. The Morgan fingerprint density at radius 2 is 1.83 bits per heavy atom. The van der Waals surface area contributed by atoms with E-state index >= 15 is 0 Å². The zero-order valence-electron chi connectivity index (χ0n) is 19.0. The van der Waals surface area contributed by atoms with Crippen LogP contribution < -0.4 is 10.0 Å². The average Bonchev–Trinajstić information content (AvgIpc) is 3.24. The molecule has 186 valence electrons. The lowest BCUT2D eigenvalue weighted by Crippen LogP contribution is -2.42. The van der Waals surface area contributed by atoms with Crippen molar-refractivity contribution in [3.8, 4) is 5.69 Å². The van der Waals surface area contributed by atoms with E-state index in [0.717, 1.165) is 6.26 Å². The molecule has 12 heteroatoms. The molecule has 0 atom stereocenters. The van der Waals surface area contributed by atoms with Crippen LogP contribution >= 0.6 is 0 Å². The lowest BCUT2D eigenvalue weighted by molar-refractivity contribution is -0.0494. The number of halogens is 2. The van der Waals surface area contributed by atoms with Crippen LogP contribution in [0.1, 0.15) is 33.6 Å². The third kappa shape index (κ3) is 6.01. The van der Waals surface area contributed by atoms with Crippen LogP contribution in [0.25, 0.3) is 16.7 Å². The minimum absolute atomic E-state index is 0.00403. The number of nitrogens with zero attached hydrogens (tertiary/aromatic N) is 3. The normalized spacial score (nSPS) is 15.8. The van der Waals surface area contributed by atoms with E-state index < -0.39 is 15.9 Å². The molecule has 0 aliphatic carbocycles. The van der Waals surface area contributed by atoms with Crippen molar-refractivity contribution in [2.24, 2.45) is 0 Å². The first-order chi connectivity index (χ1) is 16.5. The molecule has 1 saturated heterocycles. The predicted molar refractivity (Wildman–Crippen MR) is 126 cm³/mol. The number of amides is 2. The summed E-state index contributed by atoms with van der Waals surface area (Å²) in [6, 6.07) is 10.3. The van der Waals surface area contributed by atoms with Crippen molar-refractivity contribution in [2.75, 3.05) is 32.4 Å². The molecule has 9 nitrogen and oxygen atoms in total. The monoisotopic (exact) mass is 505 g/mol. The SMILES string of the molecule is CS(=O)(=O)NCCNC(=O)c1cccc(-n2ccc3cc(C(=O)N4CCC(F)(F)CC4)cnc32)c1.